The zero-order chi connectivity index (χ0) is 33.5. The second-order valence-corrected chi connectivity index (χ2v) is 14.0. The summed E-state index contributed by atoms with van der Waals surface area (Å²) in [7, 11) is 0. The Kier molecular flexibility index (Phi) is 6.05. The number of hydrogen-bond acceptors (Lipinski definition) is 4. The summed E-state index contributed by atoms with van der Waals surface area (Å²) in [4.78, 5) is 14.3. The standard InChI is InChI=1S/C45H27N5S/c1-3-11-28(12-4-1)30-21-31(29-18-19-37-36(24-29)43-39(26-46-27-47-43)50(37)33-13-5-2-6-14-33)23-32(22-30)35-25-38-44(48-41-17-9-10-20-49(38)41)45-42(35)34-15-7-8-16-40(34)51-45/h1-27H. The monoisotopic (exact) mass is 669 g/mol. The second-order valence-electron chi connectivity index (χ2n) is 13.0. The third-order valence-electron chi connectivity index (χ3n) is 10.1. The topological polar surface area (TPSA) is 48.0 Å². The SMILES string of the molecule is c1ccc(-c2cc(-c3ccc4c(c3)c3ncncc3n4-c3ccccc3)cc(-c3cc4c(nc5ccccn54)c4sc5ccccc5c34)c2)cc1. The summed E-state index contributed by atoms with van der Waals surface area (Å²) in [5.41, 5.74) is 14.2. The number of aromatic nitrogens is 5. The van der Waals surface area contributed by atoms with Crippen molar-refractivity contribution in [2.75, 3.05) is 0 Å². The Morgan fingerprint density at radius 1 is 0.529 bits per heavy atom. The molecule has 51 heavy (non-hydrogen) atoms. The molecule has 0 aliphatic carbocycles. The predicted octanol–water partition coefficient (Wildman–Crippen LogP) is 11.7. The molecule has 0 aliphatic rings. The molecule has 0 saturated heterocycles. The van der Waals surface area contributed by atoms with E-state index in [9.17, 15) is 0 Å². The third-order valence-corrected chi connectivity index (χ3v) is 11.2. The van der Waals surface area contributed by atoms with E-state index >= 15 is 0 Å². The quantitative estimate of drug-likeness (QED) is 0.187. The number of para-hydroxylation sites is 1. The molecule has 5 nitrogen and oxygen atoms in total. The summed E-state index contributed by atoms with van der Waals surface area (Å²) < 4.78 is 6.95. The van der Waals surface area contributed by atoms with Gasteiger partial charge in [0.05, 0.1) is 33.0 Å². The number of hydrogen-bond donors (Lipinski definition) is 0. The van der Waals surface area contributed by atoms with Crippen molar-refractivity contribution in [2.24, 2.45) is 0 Å². The van der Waals surface area contributed by atoms with Crippen LogP contribution in [-0.4, -0.2) is 23.9 Å². The van der Waals surface area contributed by atoms with Crippen LogP contribution in [0.25, 0.3) is 97.9 Å². The van der Waals surface area contributed by atoms with Crippen molar-refractivity contribution in [3.63, 3.8) is 0 Å². The minimum absolute atomic E-state index is 0.939. The van der Waals surface area contributed by atoms with E-state index in [1.54, 1.807) is 6.33 Å². The van der Waals surface area contributed by atoms with Crippen LogP contribution in [0.4, 0.5) is 0 Å². The highest BCUT2D eigenvalue weighted by molar-refractivity contribution is 7.26. The number of pyridine rings is 1. The number of rotatable bonds is 4. The van der Waals surface area contributed by atoms with E-state index in [4.69, 9.17) is 9.97 Å². The zero-order valence-corrected chi connectivity index (χ0v) is 28.0. The molecule has 0 spiro atoms. The first-order chi connectivity index (χ1) is 25.3. The van der Waals surface area contributed by atoms with Gasteiger partial charge in [0, 0.05) is 32.7 Å². The average molecular weight is 670 g/mol. The van der Waals surface area contributed by atoms with Gasteiger partial charge in [0.15, 0.2) is 0 Å². The molecule has 0 atom stereocenters. The Labute approximate surface area is 296 Å². The minimum Gasteiger partial charge on any atom is -0.306 e. The fourth-order valence-corrected chi connectivity index (χ4v) is 8.98. The molecule has 0 aliphatic heterocycles. The van der Waals surface area contributed by atoms with E-state index in [0.29, 0.717) is 0 Å². The van der Waals surface area contributed by atoms with Crippen LogP contribution in [0, 0.1) is 0 Å². The molecule has 5 aromatic heterocycles. The van der Waals surface area contributed by atoms with E-state index in [1.165, 1.54) is 42.4 Å². The first-order valence-electron chi connectivity index (χ1n) is 17.0. The molecule has 0 amide bonds. The highest BCUT2D eigenvalue weighted by Crippen LogP contribution is 2.46. The van der Waals surface area contributed by atoms with Gasteiger partial charge in [-0.1, -0.05) is 78.9 Å². The van der Waals surface area contributed by atoms with E-state index in [-0.39, 0.29) is 0 Å². The van der Waals surface area contributed by atoms with Gasteiger partial charge in [-0.3, -0.25) is 4.40 Å². The van der Waals surface area contributed by atoms with Gasteiger partial charge in [0.25, 0.3) is 0 Å². The first kappa shape index (κ1) is 28.2. The van der Waals surface area contributed by atoms with Gasteiger partial charge in [-0.25, -0.2) is 15.0 Å². The van der Waals surface area contributed by atoms with Gasteiger partial charge in [-0.2, -0.15) is 0 Å². The Morgan fingerprint density at radius 3 is 2.18 bits per heavy atom. The van der Waals surface area contributed by atoms with Crippen LogP contribution in [0.3, 0.4) is 0 Å². The molecule has 5 heterocycles. The van der Waals surface area contributed by atoms with Crippen LogP contribution < -0.4 is 0 Å². The lowest BCUT2D eigenvalue weighted by molar-refractivity contribution is 1.14. The Bertz CT molecular complexity index is 3140. The number of nitrogens with zero attached hydrogens (tertiary/aromatic N) is 5. The normalized spacial score (nSPS) is 11.9. The predicted molar refractivity (Wildman–Crippen MR) is 212 cm³/mol. The molecule has 0 N–H and O–H groups in total. The maximum absolute atomic E-state index is 5.14. The van der Waals surface area contributed by atoms with E-state index < -0.39 is 0 Å². The summed E-state index contributed by atoms with van der Waals surface area (Å²) in [6.45, 7) is 0. The largest absolute Gasteiger partial charge is 0.306 e. The maximum atomic E-state index is 5.14. The third kappa shape index (κ3) is 4.30. The lowest BCUT2D eigenvalue weighted by Crippen LogP contribution is -1.93. The Hall–Kier alpha value is -6.63. The average Bonchev–Trinajstić information content (AvgIpc) is 3.88. The molecule has 0 saturated carbocycles. The van der Waals surface area contributed by atoms with E-state index in [2.05, 4.69) is 160 Å². The molecule has 0 fully saturated rings. The van der Waals surface area contributed by atoms with Crippen molar-refractivity contribution in [3.05, 3.63) is 164 Å². The van der Waals surface area contributed by atoms with E-state index in [1.807, 2.05) is 23.6 Å². The number of thiophene rings is 1. The fraction of sp³-hybridized carbons (Fsp3) is 0. The van der Waals surface area contributed by atoms with Crippen molar-refractivity contribution < 1.29 is 0 Å². The number of imidazole rings is 1. The van der Waals surface area contributed by atoms with Gasteiger partial charge in [-0.15, -0.1) is 11.3 Å². The van der Waals surface area contributed by atoms with Crippen molar-refractivity contribution in [2.45, 2.75) is 0 Å². The smallest absolute Gasteiger partial charge is 0.137 e. The summed E-state index contributed by atoms with van der Waals surface area (Å²) in [5, 5.41) is 3.60. The molecule has 0 radical (unpaired) electrons. The summed E-state index contributed by atoms with van der Waals surface area (Å²) >= 11 is 1.83. The van der Waals surface area contributed by atoms with Crippen molar-refractivity contribution >= 4 is 70.1 Å². The highest BCUT2D eigenvalue weighted by Gasteiger charge is 2.20. The molecule has 6 aromatic carbocycles. The zero-order valence-electron chi connectivity index (χ0n) is 27.2. The van der Waals surface area contributed by atoms with Crippen LogP contribution in [0.1, 0.15) is 0 Å². The molecular formula is C45H27N5S. The molecule has 0 bridgehead atoms. The van der Waals surface area contributed by atoms with Crippen LogP contribution in [0.2, 0.25) is 0 Å². The van der Waals surface area contributed by atoms with Crippen LogP contribution >= 0.6 is 11.3 Å². The summed E-state index contributed by atoms with van der Waals surface area (Å²) in [5.74, 6) is 0. The van der Waals surface area contributed by atoms with Gasteiger partial charge in [0.1, 0.15) is 17.5 Å². The lowest BCUT2D eigenvalue weighted by atomic mass is 9.91. The molecule has 0 unspecified atom stereocenters. The summed E-state index contributed by atoms with van der Waals surface area (Å²) in [6.07, 6.45) is 5.67. The second kappa shape index (κ2) is 10.9. The molecular weight excluding hydrogens is 643 g/mol. The lowest BCUT2D eigenvalue weighted by Gasteiger charge is -2.13. The molecule has 11 rings (SSSR count). The maximum Gasteiger partial charge on any atom is 0.137 e. The van der Waals surface area contributed by atoms with Crippen molar-refractivity contribution in [1.29, 1.82) is 0 Å². The number of fused-ring (bicyclic) bond motifs is 10. The number of benzene rings is 6. The minimum atomic E-state index is 0.939. The fourth-order valence-electron chi connectivity index (χ4n) is 7.76. The van der Waals surface area contributed by atoms with Gasteiger partial charge < -0.3 is 4.57 Å². The molecule has 11 aromatic rings. The highest BCUT2D eigenvalue weighted by atomic mass is 32.1. The van der Waals surface area contributed by atoms with Crippen LogP contribution in [0.5, 0.6) is 0 Å². The Morgan fingerprint density at radius 2 is 1.29 bits per heavy atom. The molecule has 6 heteroatoms. The summed E-state index contributed by atoms with van der Waals surface area (Å²) in [6, 6.07) is 52.2. The van der Waals surface area contributed by atoms with Crippen molar-refractivity contribution in [3.8, 4) is 39.1 Å². The van der Waals surface area contributed by atoms with E-state index in [0.717, 1.165) is 55.4 Å². The van der Waals surface area contributed by atoms with Crippen LogP contribution in [0.15, 0.2) is 164 Å². The Balaban J connectivity index is 1.21. The van der Waals surface area contributed by atoms with Crippen LogP contribution in [-0.2, 0) is 0 Å². The first-order valence-corrected chi connectivity index (χ1v) is 17.8. The van der Waals surface area contributed by atoms with Crippen molar-refractivity contribution in [1.82, 2.24) is 23.9 Å². The van der Waals surface area contributed by atoms with Gasteiger partial charge >= 0.3 is 0 Å². The van der Waals surface area contributed by atoms with Gasteiger partial charge in [-0.05, 0) is 100 Å². The van der Waals surface area contributed by atoms with Gasteiger partial charge in [0.2, 0.25) is 0 Å². The molecule has 238 valence electrons.